The zero-order chi connectivity index (χ0) is 12.5. The van der Waals surface area contributed by atoms with Gasteiger partial charge < -0.3 is 4.98 Å². The van der Waals surface area contributed by atoms with E-state index in [4.69, 9.17) is 0 Å². The van der Waals surface area contributed by atoms with E-state index in [2.05, 4.69) is 30.1 Å². The maximum absolute atomic E-state index is 12.6. The van der Waals surface area contributed by atoms with E-state index in [-0.39, 0.29) is 5.92 Å². The molecule has 0 saturated heterocycles. The second kappa shape index (κ2) is 4.60. The minimum atomic E-state index is 0.248. The quantitative estimate of drug-likeness (QED) is 0.784. The summed E-state index contributed by atoms with van der Waals surface area (Å²) in [5.74, 6) is 0.588. The smallest absolute Gasteiger partial charge is 0.168 e. The zero-order valence-corrected chi connectivity index (χ0v) is 10.8. The highest BCUT2D eigenvalue weighted by Crippen LogP contribution is 2.29. The topological polar surface area (TPSA) is 32.9 Å². The first kappa shape index (κ1) is 11.5. The van der Waals surface area contributed by atoms with Crippen LogP contribution in [0.15, 0.2) is 24.4 Å². The van der Waals surface area contributed by atoms with Crippen molar-refractivity contribution in [1.29, 1.82) is 0 Å². The molecule has 2 heteroatoms. The lowest BCUT2D eigenvalue weighted by Gasteiger charge is -2.19. The molecule has 0 unspecified atom stereocenters. The van der Waals surface area contributed by atoms with E-state index in [1.807, 2.05) is 6.20 Å². The van der Waals surface area contributed by atoms with Crippen molar-refractivity contribution in [2.45, 2.75) is 39.0 Å². The Labute approximate surface area is 107 Å². The summed E-state index contributed by atoms with van der Waals surface area (Å²) >= 11 is 0. The predicted molar refractivity (Wildman–Crippen MR) is 73.9 cm³/mol. The molecule has 1 aromatic carbocycles. The zero-order valence-electron chi connectivity index (χ0n) is 10.8. The Morgan fingerprint density at radius 3 is 2.78 bits per heavy atom. The third-order valence-corrected chi connectivity index (χ3v) is 4.08. The molecule has 1 saturated carbocycles. The van der Waals surface area contributed by atoms with Crippen molar-refractivity contribution in [3.8, 4) is 0 Å². The molecule has 1 aliphatic rings. The Bertz CT molecular complexity index is 576. The highest BCUT2D eigenvalue weighted by atomic mass is 16.1. The second-order valence-corrected chi connectivity index (χ2v) is 5.45. The van der Waals surface area contributed by atoms with Gasteiger partial charge in [0.15, 0.2) is 5.78 Å². The number of aromatic nitrogens is 1. The summed E-state index contributed by atoms with van der Waals surface area (Å²) in [7, 11) is 0. The molecule has 1 aliphatic carbocycles. The van der Waals surface area contributed by atoms with E-state index in [9.17, 15) is 4.79 Å². The van der Waals surface area contributed by atoms with Crippen LogP contribution in [0.25, 0.3) is 10.9 Å². The molecule has 2 aromatic rings. The fourth-order valence-electron chi connectivity index (χ4n) is 3.02. The summed E-state index contributed by atoms with van der Waals surface area (Å²) in [4.78, 5) is 15.8. The van der Waals surface area contributed by atoms with E-state index in [1.165, 1.54) is 24.8 Å². The molecule has 3 rings (SSSR count). The van der Waals surface area contributed by atoms with Gasteiger partial charge in [-0.05, 0) is 31.9 Å². The highest BCUT2D eigenvalue weighted by molar-refractivity contribution is 6.09. The largest absolute Gasteiger partial charge is 0.360 e. The third kappa shape index (κ3) is 1.96. The number of H-pyrrole nitrogens is 1. The van der Waals surface area contributed by atoms with Gasteiger partial charge in [-0.2, -0.15) is 0 Å². The number of hydrogen-bond acceptors (Lipinski definition) is 1. The molecule has 1 N–H and O–H groups in total. The number of Topliss-reactive ketones (excluding diaryl/α,β-unsaturated/α-hetero) is 1. The number of hydrogen-bond donors (Lipinski definition) is 1. The summed E-state index contributed by atoms with van der Waals surface area (Å²) in [6.45, 7) is 2.07. The fraction of sp³-hybridized carbons (Fsp3) is 0.438. The van der Waals surface area contributed by atoms with Crippen LogP contribution in [-0.4, -0.2) is 10.8 Å². The average Bonchev–Trinajstić information content (AvgIpc) is 2.82. The average molecular weight is 241 g/mol. The van der Waals surface area contributed by atoms with Gasteiger partial charge in [0.05, 0.1) is 0 Å². The molecular weight excluding hydrogens is 222 g/mol. The summed E-state index contributed by atoms with van der Waals surface area (Å²) in [5.41, 5.74) is 3.17. The van der Waals surface area contributed by atoms with Crippen molar-refractivity contribution in [1.82, 2.24) is 4.98 Å². The first-order valence-corrected chi connectivity index (χ1v) is 6.87. The van der Waals surface area contributed by atoms with E-state index in [0.29, 0.717) is 5.78 Å². The van der Waals surface area contributed by atoms with Crippen molar-refractivity contribution in [2.75, 3.05) is 0 Å². The monoisotopic (exact) mass is 241 g/mol. The van der Waals surface area contributed by atoms with Crippen molar-refractivity contribution in [3.63, 3.8) is 0 Å². The van der Waals surface area contributed by atoms with E-state index < -0.39 is 0 Å². The van der Waals surface area contributed by atoms with E-state index in [1.54, 1.807) is 0 Å². The van der Waals surface area contributed by atoms with Gasteiger partial charge in [0.1, 0.15) is 0 Å². The number of carbonyl (C=O) groups excluding carboxylic acids is 1. The molecule has 0 aliphatic heterocycles. The number of aromatic amines is 1. The maximum Gasteiger partial charge on any atom is 0.168 e. The number of benzene rings is 1. The molecule has 1 aromatic heterocycles. The van der Waals surface area contributed by atoms with Gasteiger partial charge in [-0.1, -0.05) is 30.9 Å². The summed E-state index contributed by atoms with van der Waals surface area (Å²) in [5, 5.41) is 1.09. The first-order valence-electron chi connectivity index (χ1n) is 6.87. The normalized spacial score (nSPS) is 17.2. The van der Waals surface area contributed by atoms with Crippen molar-refractivity contribution < 1.29 is 4.79 Å². The third-order valence-electron chi connectivity index (χ3n) is 4.08. The molecule has 0 bridgehead atoms. The molecule has 0 radical (unpaired) electrons. The minimum Gasteiger partial charge on any atom is -0.360 e. The van der Waals surface area contributed by atoms with Crippen LogP contribution < -0.4 is 0 Å². The van der Waals surface area contributed by atoms with Crippen molar-refractivity contribution >= 4 is 16.7 Å². The lowest BCUT2D eigenvalue weighted by Crippen LogP contribution is -2.17. The van der Waals surface area contributed by atoms with E-state index >= 15 is 0 Å². The highest BCUT2D eigenvalue weighted by Gasteiger charge is 2.24. The van der Waals surface area contributed by atoms with Gasteiger partial charge >= 0.3 is 0 Å². The second-order valence-electron chi connectivity index (χ2n) is 5.45. The molecule has 2 nitrogen and oxygen atoms in total. The SMILES string of the molecule is Cc1ccc2[nH]cc(C(=O)C3CCCCC3)c2c1. The van der Waals surface area contributed by atoms with E-state index in [0.717, 1.165) is 29.3 Å². The minimum absolute atomic E-state index is 0.248. The molecule has 0 atom stereocenters. The van der Waals surface area contributed by atoms with Gasteiger partial charge in [0.2, 0.25) is 0 Å². The van der Waals surface area contributed by atoms with Gasteiger partial charge in [-0.25, -0.2) is 0 Å². The van der Waals surface area contributed by atoms with Crippen LogP contribution in [0, 0.1) is 12.8 Å². The van der Waals surface area contributed by atoms with Gasteiger partial charge in [0, 0.05) is 28.6 Å². The fourth-order valence-corrected chi connectivity index (χ4v) is 3.02. The Balaban J connectivity index is 1.98. The summed E-state index contributed by atoms with van der Waals surface area (Å²) < 4.78 is 0. The van der Waals surface area contributed by atoms with Crippen LogP contribution in [0.4, 0.5) is 0 Å². The van der Waals surface area contributed by atoms with Crippen LogP contribution >= 0.6 is 0 Å². The molecule has 1 heterocycles. The molecule has 94 valence electrons. The lowest BCUT2D eigenvalue weighted by atomic mass is 9.84. The molecule has 0 amide bonds. The Hall–Kier alpha value is -1.57. The maximum atomic E-state index is 12.6. The summed E-state index contributed by atoms with van der Waals surface area (Å²) in [6.07, 6.45) is 7.72. The predicted octanol–water partition coefficient (Wildman–Crippen LogP) is 4.24. The number of aryl methyl sites for hydroxylation is 1. The number of nitrogens with one attached hydrogen (secondary N) is 1. The van der Waals surface area contributed by atoms with Crippen LogP contribution in [0.5, 0.6) is 0 Å². The lowest BCUT2D eigenvalue weighted by molar-refractivity contribution is 0.0891. The Kier molecular flexibility index (Phi) is 2.94. The first-order chi connectivity index (χ1) is 8.75. The van der Waals surface area contributed by atoms with Crippen LogP contribution in [0.2, 0.25) is 0 Å². The molecular formula is C16H19NO. The van der Waals surface area contributed by atoms with Gasteiger partial charge in [0.25, 0.3) is 0 Å². The van der Waals surface area contributed by atoms with Gasteiger partial charge in [-0.15, -0.1) is 0 Å². The number of rotatable bonds is 2. The van der Waals surface area contributed by atoms with Gasteiger partial charge in [-0.3, -0.25) is 4.79 Å². The number of fused-ring (bicyclic) bond motifs is 1. The summed E-state index contributed by atoms with van der Waals surface area (Å²) in [6, 6.07) is 6.25. The number of ketones is 1. The Morgan fingerprint density at radius 2 is 2.00 bits per heavy atom. The van der Waals surface area contributed by atoms with Crippen LogP contribution in [0.1, 0.15) is 48.0 Å². The van der Waals surface area contributed by atoms with Crippen molar-refractivity contribution in [3.05, 3.63) is 35.5 Å². The van der Waals surface area contributed by atoms with Crippen LogP contribution in [0.3, 0.4) is 0 Å². The van der Waals surface area contributed by atoms with Crippen molar-refractivity contribution in [2.24, 2.45) is 5.92 Å². The van der Waals surface area contributed by atoms with Crippen LogP contribution in [-0.2, 0) is 0 Å². The Morgan fingerprint density at radius 1 is 1.22 bits per heavy atom. The molecule has 0 spiro atoms. The molecule has 18 heavy (non-hydrogen) atoms. The number of carbonyl (C=O) groups is 1. The molecule has 1 fully saturated rings. The standard InChI is InChI=1S/C16H19NO/c1-11-7-8-15-13(9-11)14(10-17-15)16(18)12-5-3-2-4-6-12/h7-10,12,17H,2-6H2,1H3.